The number of anilines is 1. The standard InChI is InChI=1S/C13H17F2N3O3/c1-7-4-18(5-9(6-19)21-7)12-10(14)2-8(3-11(12)15)13(16)17-20/h2-3,7,9,19-20H,4-6H2,1H3,(H2,16,17). The van der Waals surface area contributed by atoms with Gasteiger partial charge in [0.25, 0.3) is 0 Å². The summed E-state index contributed by atoms with van der Waals surface area (Å²) in [5.74, 6) is -2.01. The number of nitrogens with zero attached hydrogens (tertiary/aromatic N) is 2. The largest absolute Gasteiger partial charge is 0.409 e. The van der Waals surface area contributed by atoms with Crippen LogP contribution in [0, 0.1) is 11.6 Å². The molecule has 1 aromatic rings. The molecule has 0 aliphatic carbocycles. The molecule has 1 aliphatic heterocycles. The average Bonchev–Trinajstić information content (AvgIpc) is 2.44. The molecule has 21 heavy (non-hydrogen) atoms. The van der Waals surface area contributed by atoms with Gasteiger partial charge in [-0.3, -0.25) is 0 Å². The molecule has 116 valence electrons. The number of hydrogen-bond donors (Lipinski definition) is 3. The third-order valence-corrected chi connectivity index (χ3v) is 3.27. The van der Waals surface area contributed by atoms with Crippen LogP contribution in [0.2, 0.25) is 0 Å². The second-order valence-electron chi connectivity index (χ2n) is 4.93. The Balaban J connectivity index is 2.35. The normalized spacial score (nSPS) is 23.4. The fraction of sp³-hybridized carbons (Fsp3) is 0.462. The highest BCUT2D eigenvalue weighted by Crippen LogP contribution is 2.28. The molecule has 0 spiro atoms. The van der Waals surface area contributed by atoms with Gasteiger partial charge in [-0.2, -0.15) is 0 Å². The predicted octanol–water partition coefficient (Wildman–Crippen LogP) is 0.645. The molecule has 2 atom stereocenters. The van der Waals surface area contributed by atoms with Crippen molar-refractivity contribution >= 4 is 11.5 Å². The quantitative estimate of drug-likeness (QED) is 0.330. The molecule has 1 saturated heterocycles. The zero-order valence-electron chi connectivity index (χ0n) is 11.5. The van der Waals surface area contributed by atoms with Crippen molar-refractivity contribution in [1.82, 2.24) is 0 Å². The molecule has 2 unspecified atom stereocenters. The van der Waals surface area contributed by atoms with E-state index >= 15 is 0 Å². The minimum absolute atomic E-state index is 0.0451. The number of ether oxygens (including phenoxy) is 1. The number of nitrogens with two attached hydrogens (primary N) is 1. The Hall–Kier alpha value is -1.93. The van der Waals surface area contributed by atoms with E-state index in [2.05, 4.69) is 5.16 Å². The first kappa shape index (κ1) is 15.5. The SMILES string of the molecule is CC1CN(c2c(F)cc(C(N)=NO)cc2F)CC(CO)O1. The third-order valence-electron chi connectivity index (χ3n) is 3.27. The van der Waals surface area contributed by atoms with E-state index in [4.69, 9.17) is 20.8 Å². The van der Waals surface area contributed by atoms with Crippen LogP contribution in [0.5, 0.6) is 0 Å². The van der Waals surface area contributed by atoms with Crippen molar-refractivity contribution < 1.29 is 23.8 Å². The Morgan fingerprint density at radius 2 is 2.05 bits per heavy atom. The van der Waals surface area contributed by atoms with E-state index in [1.165, 1.54) is 4.90 Å². The molecule has 0 aromatic heterocycles. The number of hydrogen-bond acceptors (Lipinski definition) is 5. The van der Waals surface area contributed by atoms with Gasteiger partial charge in [-0.15, -0.1) is 0 Å². The van der Waals surface area contributed by atoms with E-state index in [0.717, 1.165) is 12.1 Å². The van der Waals surface area contributed by atoms with Crippen LogP contribution >= 0.6 is 0 Å². The van der Waals surface area contributed by atoms with Crippen LogP contribution < -0.4 is 10.6 Å². The topological polar surface area (TPSA) is 91.3 Å². The summed E-state index contributed by atoms with van der Waals surface area (Å²) in [4.78, 5) is 1.48. The minimum Gasteiger partial charge on any atom is -0.409 e. The number of morpholine rings is 1. The fourth-order valence-electron chi connectivity index (χ4n) is 2.40. The first-order valence-corrected chi connectivity index (χ1v) is 6.44. The van der Waals surface area contributed by atoms with Gasteiger partial charge in [0.1, 0.15) is 17.3 Å². The summed E-state index contributed by atoms with van der Waals surface area (Å²) in [6.45, 7) is 2.01. The number of amidine groups is 1. The van der Waals surface area contributed by atoms with E-state index in [9.17, 15) is 8.78 Å². The van der Waals surface area contributed by atoms with Crippen molar-refractivity contribution in [2.45, 2.75) is 19.1 Å². The van der Waals surface area contributed by atoms with Crippen molar-refractivity contribution in [3.05, 3.63) is 29.3 Å². The van der Waals surface area contributed by atoms with Crippen molar-refractivity contribution in [1.29, 1.82) is 0 Å². The van der Waals surface area contributed by atoms with Crippen LogP contribution in [-0.4, -0.2) is 48.1 Å². The van der Waals surface area contributed by atoms with Gasteiger partial charge in [0.2, 0.25) is 0 Å². The van der Waals surface area contributed by atoms with Gasteiger partial charge in [-0.05, 0) is 19.1 Å². The van der Waals surface area contributed by atoms with Gasteiger partial charge in [-0.25, -0.2) is 8.78 Å². The number of oxime groups is 1. The molecule has 0 saturated carbocycles. The number of aliphatic hydroxyl groups is 1. The number of halogens is 2. The lowest BCUT2D eigenvalue weighted by molar-refractivity contribution is -0.0423. The van der Waals surface area contributed by atoms with Gasteiger partial charge in [-0.1, -0.05) is 5.16 Å². The number of rotatable bonds is 3. The van der Waals surface area contributed by atoms with Crippen LogP contribution in [0.1, 0.15) is 12.5 Å². The Kier molecular flexibility index (Phi) is 4.59. The predicted molar refractivity (Wildman–Crippen MR) is 72.5 cm³/mol. The van der Waals surface area contributed by atoms with E-state index in [1.807, 2.05) is 0 Å². The summed E-state index contributed by atoms with van der Waals surface area (Å²) < 4.78 is 33.8. The molecule has 0 radical (unpaired) electrons. The first-order chi connectivity index (χ1) is 9.96. The lowest BCUT2D eigenvalue weighted by atomic mass is 10.1. The molecule has 4 N–H and O–H groups in total. The summed E-state index contributed by atoms with van der Waals surface area (Å²) in [5, 5.41) is 20.4. The van der Waals surface area contributed by atoms with Gasteiger partial charge in [0.15, 0.2) is 5.84 Å². The number of benzene rings is 1. The van der Waals surface area contributed by atoms with Crippen LogP contribution in [0.4, 0.5) is 14.5 Å². The van der Waals surface area contributed by atoms with Gasteiger partial charge >= 0.3 is 0 Å². The fourth-order valence-corrected chi connectivity index (χ4v) is 2.40. The smallest absolute Gasteiger partial charge is 0.170 e. The molecular weight excluding hydrogens is 284 g/mol. The maximum absolute atomic E-state index is 14.2. The highest BCUT2D eigenvalue weighted by atomic mass is 19.1. The third kappa shape index (κ3) is 3.22. The van der Waals surface area contributed by atoms with Gasteiger partial charge in [0.05, 0.1) is 18.8 Å². The average molecular weight is 301 g/mol. The highest BCUT2D eigenvalue weighted by molar-refractivity contribution is 5.97. The molecule has 1 heterocycles. The monoisotopic (exact) mass is 301 g/mol. The molecule has 0 amide bonds. The van der Waals surface area contributed by atoms with Crippen molar-refractivity contribution in [2.24, 2.45) is 10.9 Å². The molecule has 1 aliphatic rings. The van der Waals surface area contributed by atoms with Crippen LogP contribution in [0.25, 0.3) is 0 Å². The lowest BCUT2D eigenvalue weighted by Crippen LogP contribution is -2.48. The zero-order valence-corrected chi connectivity index (χ0v) is 11.5. The molecule has 1 aromatic carbocycles. The van der Waals surface area contributed by atoms with Crippen molar-refractivity contribution in [2.75, 3.05) is 24.6 Å². The Labute approximate surface area is 120 Å². The van der Waals surface area contributed by atoms with Gasteiger partial charge in [0, 0.05) is 18.7 Å². The highest BCUT2D eigenvalue weighted by Gasteiger charge is 2.28. The van der Waals surface area contributed by atoms with Crippen molar-refractivity contribution in [3.63, 3.8) is 0 Å². The Bertz CT molecular complexity index is 530. The summed E-state index contributed by atoms with van der Waals surface area (Å²) >= 11 is 0. The van der Waals surface area contributed by atoms with E-state index in [1.54, 1.807) is 6.92 Å². The summed E-state index contributed by atoms with van der Waals surface area (Å²) in [5.41, 5.74) is 5.07. The Morgan fingerprint density at radius 3 is 2.57 bits per heavy atom. The molecule has 8 heteroatoms. The van der Waals surface area contributed by atoms with Crippen LogP contribution in [-0.2, 0) is 4.74 Å². The van der Waals surface area contributed by atoms with Crippen molar-refractivity contribution in [3.8, 4) is 0 Å². The molecule has 1 fully saturated rings. The van der Waals surface area contributed by atoms with Gasteiger partial charge < -0.3 is 25.7 Å². The maximum atomic E-state index is 14.2. The summed E-state index contributed by atoms with van der Waals surface area (Å²) in [7, 11) is 0. The maximum Gasteiger partial charge on any atom is 0.170 e. The lowest BCUT2D eigenvalue weighted by Gasteiger charge is -2.37. The van der Waals surface area contributed by atoms with E-state index in [-0.39, 0.29) is 36.3 Å². The minimum atomic E-state index is -0.817. The second kappa shape index (κ2) is 6.23. The second-order valence-corrected chi connectivity index (χ2v) is 4.93. The summed E-state index contributed by atoms with van der Waals surface area (Å²) in [6.07, 6.45) is -0.769. The Morgan fingerprint density at radius 1 is 1.43 bits per heavy atom. The molecule has 6 nitrogen and oxygen atoms in total. The molecule has 0 bridgehead atoms. The van der Waals surface area contributed by atoms with Crippen LogP contribution in [0.3, 0.4) is 0 Å². The number of aliphatic hydroxyl groups excluding tert-OH is 1. The van der Waals surface area contributed by atoms with E-state index in [0.29, 0.717) is 6.54 Å². The molecule has 2 rings (SSSR count). The van der Waals surface area contributed by atoms with Crippen LogP contribution in [0.15, 0.2) is 17.3 Å². The zero-order chi connectivity index (χ0) is 15.6. The summed E-state index contributed by atoms with van der Waals surface area (Å²) in [6, 6.07) is 2.00. The first-order valence-electron chi connectivity index (χ1n) is 6.44. The molecular formula is C13H17F2N3O3. The van der Waals surface area contributed by atoms with E-state index < -0.39 is 17.7 Å².